The van der Waals surface area contributed by atoms with Crippen molar-refractivity contribution < 1.29 is 9.66 Å². The summed E-state index contributed by atoms with van der Waals surface area (Å²) in [7, 11) is 0. The van der Waals surface area contributed by atoms with E-state index in [0.717, 1.165) is 16.8 Å². The molecule has 4 rings (SSSR count). The first-order valence-electron chi connectivity index (χ1n) is 10.3. The predicted octanol–water partition coefficient (Wildman–Crippen LogP) is 6.57. The number of hydrogen-bond donors (Lipinski definition) is 0. The van der Waals surface area contributed by atoms with Crippen LogP contribution in [0.2, 0.25) is 10.0 Å². The largest absolute Gasteiger partial charge is 0.489 e. The molecule has 3 aromatic carbocycles. The molecular formula is C24H20Cl2N4O3S. The molecule has 1 atom stereocenters. The lowest BCUT2D eigenvalue weighted by Gasteiger charge is -2.15. The van der Waals surface area contributed by atoms with Crippen molar-refractivity contribution in [3.8, 4) is 11.4 Å². The Morgan fingerprint density at radius 1 is 1.03 bits per heavy atom. The average molecular weight is 515 g/mol. The Balaban J connectivity index is 1.53. The van der Waals surface area contributed by atoms with Crippen LogP contribution in [0.5, 0.6) is 5.75 Å². The van der Waals surface area contributed by atoms with Crippen molar-refractivity contribution in [3.05, 3.63) is 110 Å². The van der Waals surface area contributed by atoms with Crippen molar-refractivity contribution in [2.75, 3.05) is 6.54 Å². The van der Waals surface area contributed by atoms with E-state index in [4.69, 9.17) is 27.9 Å². The zero-order chi connectivity index (χ0) is 24.1. The minimum atomic E-state index is -0.470. The molecule has 174 valence electrons. The van der Waals surface area contributed by atoms with E-state index < -0.39 is 5.25 Å². The third kappa shape index (κ3) is 5.88. The van der Waals surface area contributed by atoms with Gasteiger partial charge in [0.1, 0.15) is 23.4 Å². The van der Waals surface area contributed by atoms with Crippen molar-refractivity contribution in [2.45, 2.75) is 23.9 Å². The Bertz CT molecular complexity index is 1280. The Kier molecular flexibility index (Phi) is 7.72. The molecule has 0 aliphatic carbocycles. The van der Waals surface area contributed by atoms with Crippen LogP contribution in [0.3, 0.4) is 0 Å². The fourth-order valence-electron chi connectivity index (χ4n) is 3.34. The van der Waals surface area contributed by atoms with E-state index >= 15 is 0 Å². The molecule has 34 heavy (non-hydrogen) atoms. The van der Waals surface area contributed by atoms with Gasteiger partial charge in [0.05, 0.1) is 0 Å². The molecule has 10 heteroatoms. The highest BCUT2D eigenvalue weighted by molar-refractivity contribution is 7.99. The van der Waals surface area contributed by atoms with Gasteiger partial charge in [0.2, 0.25) is 6.54 Å². The number of ether oxygens (including phenoxy) is 1. The van der Waals surface area contributed by atoms with Crippen LogP contribution < -0.4 is 4.74 Å². The summed E-state index contributed by atoms with van der Waals surface area (Å²) in [6.45, 7) is 1.89. The van der Waals surface area contributed by atoms with Crippen molar-refractivity contribution in [1.82, 2.24) is 14.8 Å². The molecule has 0 aliphatic rings. The summed E-state index contributed by atoms with van der Waals surface area (Å²) in [5, 5.41) is 21.2. The molecule has 0 saturated carbocycles. The highest BCUT2D eigenvalue weighted by atomic mass is 35.5. The number of halogens is 2. The van der Waals surface area contributed by atoms with Crippen molar-refractivity contribution >= 4 is 35.0 Å². The molecule has 7 nitrogen and oxygen atoms in total. The topological polar surface area (TPSA) is 83.1 Å². The number of aromatic nitrogens is 3. The molecule has 4 aromatic rings. The molecule has 0 unspecified atom stereocenters. The first kappa shape index (κ1) is 24.1. The van der Waals surface area contributed by atoms with Crippen LogP contribution in [0.25, 0.3) is 5.69 Å². The van der Waals surface area contributed by atoms with Gasteiger partial charge in [0.15, 0.2) is 5.16 Å². The lowest BCUT2D eigenvalue weighted by molar-refractivity contribution is -0.479. The molecule has 1 aromatic heterocycles. The van der Waals surface area contributed by atoms with Crippen molar-refractivity contribution in [1.29, 1.82) is 0 Å². The summed E-state index contributed by atoms with van der Waals surface area (Å²) in [6.07, 6.45) is 0. The molecular weight excluding hydrogens is 495 g/mol. The molecule has 0 amide bonds. The van der Waals surface area contributed by atoms with E-state index in [1.165, 1.54) is 11.8 Å². The van der Waals surface area contributed by atoms with Gasteiger partial charge >= 0.3 is 0 Å². The molecule has 1 heterocycles. The van der Waals surface area contributed by atoms with Crippen LogP contribution >= 0.6 is 35.0 Å². The molecule has 0 radical (unpaired) electrons. The van der Waals surface area contributed by atoms with Crippen LogP contribution in [0, 0.1) is 17.0 Å². The van der Waals surface area contributed by atoms with E-state index in [0.29, 0.717) is 33.4 Å². The summed E-state index contributed by atoms with van der Waals surface area (Å²) in [6, 6.07) is 22.0. The van der Waals surface area contributed by atoms with Crippen LogP contribution in [0.4, 0.5) is 0 Å². The lowest BCUT2D eigenvalue weighted by atomic mass is 10.1. The maximum atomic E-state index is 11.4. The van der Waals surface area contributed by atoms with E-state index in [2.05, 4.69) is 10.2 Å². The molecule has 0 N–H and O–H groups in total. The number of nitro groups is 1. The maximum Gasteiger partial charge on any atom is 0.220 e. The Morgan fingerprint density at radius 3 is 2.41 bits per heavy atom. The Labute approximate surface area is 210 Å². The highest BCUT2D eigenvalue weighted by Crippen LogP contribution is 2.36. The van der Waals surface area contributed by atoms with Gasteiger partial charge in [-0.2, -0.15) is 0 Å². The zero-order valence-electron chi connectivity index (χ0n) is 18.1. The molecule has 0 bridgehead atoms. The Hall–Kier alpha value is -3.07. The quantitative estimate of drug-likeness (QED) is 0.142. The third-order valence-electron chi connectivity index (χ3n) is 5.05. The van der Waals surface area contributed by atoms with Crippen molar-refractivity contribution in [2.24, 2.45) is 0 Å². The summed E-state index contributed by atoms with van der Waals surface area (Å²) >= 11 is 13.5. The fourth-order valence-corrected chi connectivity index (χ4v) is 4.83. The molecule has 0 saturated heterocycles. The minimum absolute atomic E-state index is 0.267. The average Bonchev–Trinajstić information content (AvgIpc) is 3.18. The second-order valence-electron chi connectivity index (χ2n) is 7.41. The van der Waals surface area contributed by atoms with Gasteiger partial charge < -0.3 is 4.74 Å². The molecule has 0 fully saturated rings. The van der Waals surface area contributed by atoms with E-state index in [-0.39, 0.29) is 11.5 Å². The van der Waals surface area contributed by atoms with Gasteiger partial charge in [-0.3, -0.25) is 14.7 Å². The van der Waals surface area contributed by atoms with Gasteiger partial charge in [0.25, 0.3) is 0 Å². The van der Waals surface area contributed by atoms with Crippen molar-refractivity contribution in [3.63, 3.8) is 0 Å². The van der Waals surface area contributed by atoms with Crippen LogP contribution in [0.1, 0.15) is 22.2 Å². The normalized spacial score (nSPS) is 11.9. The lowest BCUT2D eigenvalue weighted by Crippen LogP contribution is -2.11. The summed E-state index contributed by atoms with van der Waals surface area (Å²) in [5.41, 5.74) is 2.50. The second-order valence-corrected chi connectivity index (χ2v) is 9.43. The van der Waals surface area contributed by atoms with E-state index in [1.54, 1.807) is 24.3 Å². The molecule has 0 spiro atoms. The number of nitrogens with zero attached hydrogens (tertiary/aromatic N) is 4. The SMILES string of the molecule is Cc1nnc(S[C@@H](C[N+](=O)[O-])c2ccc(OCc3ccccc3Cl)cc2)n1-c1ccc(Cl)cc1. The number of benzene rings is 3. The number of hydrogen-bond acceptors (Lipinski definition) is 6. The summed E-state index contributed by atoms with van der Waals surface area (Å²) in [5.74, 6) is 1.32. The fraction of sp³-hybridized carbons (Fsp3) is 0.167. The zero-order valence-corrected chi connectivity index (χ0v) is 20.4. The predicted molar refractivity (Wildman–Crippen MR) is 134 cm³/mol. The first-order chi connectivity index (χ1) is 16.4. The van der Waals surface area contributed by atoms with Crippen LogP contribution in [-0.2, 0) is 6.61 Å². The maximum absolute atomic E-state index is 11.4. The second kappa shape index (κ2) is 10.9. The third-order valence-corrected chi connectivity index (χ3v) is 6.85. The minimum Gasteiger partial charge on any atom is -0.489 e. The van der Waals surface area contributed by atoms with Crippen LogP contribution in [-0.4, -0.2) is 26.2 Å². The number of rotatable bonds is 9. The van der Waals surface area contributed by atoms with E-state index in [1.807, 2.05) is 60.0 Å². The van der Waals surface area contributed by atoms with Gasteiger partial charge in [0, 0.05) is 26.2 Å². The van der Waals surface area contributed by atoms with E-state index in [9.17, 15) is 10.1 Å². The van der Waals surface area contributed by atoms with Crippen LogP contribution in [0.15, 0.2) is 78.0 Å². The summed E-state index contributed by atoms with van der Waals surface area (Å²) in [4.78, 5) is 11.1. The summed E-state index contributed by atoms with van der Waals surface area (Å²) < 4.78 is 7.69. The molecule has 0 aliphatic heterocycles. The number of aryl methyl sites for hydroxylation is 1. The highest BCUT2D eigenvalue weighted by Gasteiger charge is 2.24. The smallest absolute Gasteiger partial charge is 0.220 e. The standard InChI is InChI=1S/C24H20Cl2N4O3S/c1-16-27-28-24(30(16)20-10-8-19(25)9-11-20)34-23(14-29(31)32)17-6-12-21(13-7-17)33-15-18-4-2-3-5-22(18)26/h2-13,23H,14-15H2,1H3/t23-/m0/s1. The monoisotopic (exact) mass is 514 g/mol. The first-order valence-corrected chi connectivity index (χ1v) is 12.0. The number of thioether (sulfide) groups is 1. The van der Waals surface area contributed by atoms with Gasteiger partial charge in [-0.25, -0.2) is 0 Å². The van der Waals surface area contributed by atoms with Gasteiger partial charge in [-0.15, -0.1) is 10.2 Å². The van der Waals surface area contributed by atoms with Gasteiger partial charge in [-0.05, 0) is 55.0 Å². The van der Waals surface area contributed by atoms with Gasteiger partial charge in [-0.1, -0.05) is 65.3 Å². The Morgan fingerprint density at radius 2 is 1.74 bits per heavy atom.